The number of halogens is 2. The zero-order valence-corrected chi connectivity index (χ0v) is 11.6. The molecule has 1 atom stereocenters. The predicted molar refractivity (Wildman–Crippen MR) is 71.1 cm³/mol. The van der Waals surface area contributed by atoms with Crippen LogP contribution in [0.25, 0.3) is 0 Å². The second-order valence-electron chi connectivity index (χ2n) is 4.24. The van der Waals surface area contributed by atoms with E-state index in [1.54, 1.807) is 6.20 Å². The van der Waals surface area contributed by atoms with E-state index < -0.39 is 0 Å². The predicted octanol–water partition coefficient (Wildman–Crippen LogP) is 3.00. The molecule has 3 nitrogen and oxygen atoms in total. The Morgan fingerprint density at radius 3 is 3.19 bits per heavy atom. The quantitative estimate of drug-likeness (QED) is 0.851. The molecule has 1 N–H and O–H groups in total. The van der Waals surface area contributed by atoms with Gasteiger partial charge in [0, 0.05) is 23.3 Å². The maximum absolute atomic E-state index is 6.04. The van der Waals surface area contributed by atoms with Gasteiger partial charge in [-0.1, -0.05) is 11.6 Å². The molecule has 5 heteroatoms. The molecule has 0 spiro atoms. The Morgan fingerprint density at radius 1 is 1.62 bits per heavy atom. The van der Waals surface area contributed by atoms with Crippen molar-refractivity contribution in [2.75, 3.05) is 25.5 Å². The van der Waals surface area contributed by atoms with E-state index in [-0.39, 0.29) is 0 Å². The molecule has 1 saturated heterocycles. The first-order chi connectivity index (χ1) is 7.65. The summed E-state index contributed by atoms with van der Waals surface area (Å²) in [6.45, 7) is 2.24. The van der Waals surface area contributed by atoms with Gasteiger partial charge in [0.2, 0.25) is 0 Å². The normalized spacial score (nSPS) is 22.1. The van der Waals surface area contributed by atoms with Gasteiger partial charge in [0.25, 0.3) is 0 Å². The molecule has 0 aliphatic carbocycles. The highest BCUT2D eigenvalue weighted by molar-refractivity contribution is 9.10. The lowest BCUT2D eigenvalue weighted by molar-refractivity contribution is 0.261. The first-order valence-electron chi connectivity index (χ1n) is 5.41. The molecular weight excluding hydrogens is 289 g/mol. The molecule has 1 unspecified atom stereocenters. The Labute approximate surface area is 109 Å². The van der Waals surface area contributed by atoms with E-state index in [4.69, 9.17) is 11.6 Å². The van der Waals surface area contributed by atoms with Crippen molar-refractivity contribution in [3.8, 4) is 0 Å². The zero-order valence-electron chi connectivity index (χ0n) is 9.21. The molecule has 0 amide bonds. The number of pyridine rings is 1. The first kappa shape index (κ1) is 12.1. The van der Waals surface area contributed by atoms with Crippen LogP contribution in [0.4, 0.5) is 5.69 Å². The number of nitrogens with one attached hydrogen (secondary N) is 1. The summed E-state index contributed by atoms with van der Waals surface area (Å²) < 4.78 is 0.948. The summed E-state index contributed by atoms with van der Waals surface area (Å²) in [6, 6.07) is 2.44. The fourth-order valence-electron chi connectivity index (χ4n) is 2.03. The molecule has 2 heterocycles. The van der Waals surface area contributed by atoms with Crippen LogP contribution in [0.2, 0.25) is 5.15 Å². The van der Waals surface area contributed by atoms with E-state index >= 15 is 0 Å². The van der Waals surface area contributed by atoms with Gasteiger partial charge in [-0.15, -0.1) is 0 Å². The van der Waals surface area contributed by atoms with Gasteiger partial charge in [-0.2, -0.15) is 0 Å². The highest BCUT2D eigenvalue weighted by Gasteiger charge is 2.17. The van der Waals surface area contributed by atoms with E-state index in [2.05, 4.69) is 38.2 Å². The van der Waals surface area contributed by atoms with Crippen molar-refractivity contribution in [1.82, 2.24) is 9.88 Å². The average molecular weight is 305 g/mol. The maximum atomic E-state index is 6.04. The summed E-state index contributed by atoms with van der Waals surface area (Å²) in [6.07, 6.45) is 4.13. The molecule has 0 bridgehead atoms. The third kappa shape index (κ3) is 3.09. The van der Waals surface area contributed by atoms with Gasteiger partial charge in [0.05, 0.1) is 5.69 Å². The van der Waals surface area contributed by atoms with Crippen molar-refractivity contribution in [3.63, 3.8) is 0 Å². The summed E-state index contributed by atoms with van der Waals surface area (Å²) in [5.74, 6) is 0. The Kier molecular flexibility index (Phi) is 4.05. The van der Waals surface area contributed by atoms with E-state index in [0.717, 1.165) is 16.7 Å². The standard InChI is InChI=1S/C11H15BrClN3/c1-16-4-2-3-9(7-16)15-10-5-8(12)6-14-11(10)13/h5-6,9,15H,2-4,7H2,1H3. The number of anilines is 1. The molecule has 16 heavy (non-hydrogen) atoms. The van der Waals surface area contributed by atoms with Gasteiger partial charge < -0.3 is 10.2 Å². The number of piperidine rings is 1. The molecule has 1 fully saturated rings. The number of rotatable bonds is 2. The topological polar surface area (TPSA) is 28.2 Å². The lowest BCUT2D eigenvalue weighted by Crippen LogP contribution is -2.39. The van der Waals surface area contributed by atoms with Crippen molar-refractivity contribution in [2.45, 2.75) is 18.9 Å². The van der Waals surface area contributed by atoms with Crippen LogP contribution in [0.1, 0.15) is 12.8 Å². The maximum Gasteiger partial charge on any atom is 0.152 e. The molecule has 1 aliphatic heterocycles. The summed E-state index contributed by atoms with van der Waals surface area (Å²) in [5, 5.41) is 3.99. The molecule has 1 aliphatic rings. The van der Waals surface area contributed by atoms with Gasteiger partial charge >= 0.3 is 0 Å². The van der Waals surface area contributed by atoms with Crippen LogP contribution < -0.4 is 5.32 Å². The van der Waals surface area contributed by atoms with E-state index in [9.17, 15) is 0 Å². The van der Waals surface area contributed by atoms with Gasteiger partial charge in [0.15, 0.2) is 5.15 Å². The molecule has 1 aromatic rings. The SMILES string of the molecule is CN1CCCC(Nc2cc(Br)cnc2Cl)C1. The third-order valence-corrected chi connectivity index (χ3v) is 3.52. The van der Waals surface area contributed by atoms with Gasteiger partial charge in [-0.3, -0.25) is 0 Å². The van der Waals surface area contributed by atoms with Crippen molar-refractivity contribution in [2.24, 2.45) is 0 Å². The van der Waals surface area contributed by atoms with Crippen LogP contribution >= 0.6 is 27.5 Å². The van der Waals surface area contributed by atoms with Crippen molar-refractivity contribution >= 4 is 33.2 Å². The monoisotopic (exact) mass is 303 g/mol. The summed E-state index contributed by atoms with van der Waals surface area (Å²) in [5.41, 5.74) is 0.913. The Morgan fingerprint density at radius 2 is 2.44 bits per heavy atom. The highest BCUT2D eigenvalue weighted by atomic mass is 79.9. The van der Waals surface area contributed by atoms with Gasteiger partial charge in [-0.25, -0.2) is 4.98 Å². The molecule has 88 valence electrons. The summed E-state index contributed by atoms with van der Waals surface area (Å²) >= 11 is 9.45. The summed E-state index contributed by atoms with van der Waals surface area (Å²) in [7, 11) is 2.15. The largest absolute Gasteiger partial charge is 0.379 e. The van der Waals surface area contributed by atoms with Crippen molar-refractivity contribution < 1.29 is 0 Å². The second-order valence-corrected chi connectivity index (χ2v) is 5.51. The highest BCUT2D eigenvalue weighted by Crippen LogP contribution is 2.25. The molecule has 2 rings (SSSR count). The molecule has 0 saturated carbocycles. The third-order valence-electron chi connectivity index (χ3n) is 2.79. The van der Waals surface area contributed by atoms with Crippen LogP contribution in [-0.4, -0.2) is 36.1 Å². The number of hydrogen-bond donors (Lipinski definition) is 1. The molecule has 0 radical (unpaired) electrons. The second kappa shape index (κ2) is 5.34. The lowest BCUT2D eigenvalue weighted by atomic mass is 10.1. The van der Waals surface area contributed by atoms with Gasteiger partial charge in [0.1, 0.15) is 0 Å². The van der Waals surface area contributed by atoms with E-state index in [1.165, 1.54) is 19.4 Å². The molecule has 1 aromatic heterocycles. The van der Waals surface area contributed by atoms with Crippen molar-refractivity contribution in [3.05, 3.63) is 21.9 Å². The zero-order chi connectivity index (χ0) is 11.5. The van der Waals surface area contributed by atoms with Crippen LogP contribution in [-0.2, 0) is 0 Å². The number of nitrogens with zero attached hydrogens (tertiary/aromatic N) is 2. The fourth-order valence-corrected chi connectivity index (χ4v) is 2.52. The number of hydrogen-bond acceptors (Lipinski definition) is 3. The van der Waals surface area contributed by atoms with Crippen LogP contribution in [0.5, 0.6) is 0 Å². The van der Waals surface area contributed by atoms with Crippen LogP contribution in [0.15, 0.2) is 16.7 Å². The van der Waals surface area contributed by atoms with Crippen LogP contribution in [0.3, 0.4) is 0 Å². The van der Waals surface area contributed by atoms with E-state index in [1.807, 2.05) is 6.07 Å². The summed E-state index contributed by atoms with van der Waals surface area (Å²) in [4.78, 5) is 6.44. The number of aromatic nitrogens is 1. The smallest absolute Gasteiger partial charge is 0.152 e. The minimum absolute atomic E-state index is 0.465. The molecular formula is C11H15BrClN3. The van der Waals surface area contributed by atoms with Crippen molar-refractivity contribution in [1.29, 1.82) is 0 Å². The van der Waals surface area contributed by atoms with Gasteiger partial charge in [-0.05, 0) is 48.4 Å². The average Bonchev–Trinajstić information content (AvgIpc) is 2.24. The minimum Gasteiger partial charge on any atom is -0.379 e. The van der Waals surface area contributed by atoms with Crippen LogP contribution in [0, 0.1) is 0 Å². The molecule has 0 aromatic carbocycles. The minimum atomic E-state index is 0.465. The lowest BCUT2D eigenvalue weighted by Gasteiger charge is -2.31. The Hall–Kier alpha value is -0.320. The Balaban J connectivity index is 2.05. The van der Waals surface area contributed by atoms with E-state index in [0.29, 0.717) is 11.2 Å². The fraction of sp³-hybridized carbons (Fsp3) is 0.545. The number of likely N-dealkylation sites (tertiary alicyclic amines) is 1. The first-order valence-corrected chi connectivity index (χ1v) is 6.58. The number of likely N-dealkylation sites (N-methyl/N-ethyl adjacent to an activating group) is 1. The Bertz CT molecular complexity index is 372.